The Balaban J connectivity index is 1.81. The van der Waals surface area contributed by atoms with Gasteiger partial charge in [-0.2, -0.15) is 0 Å². The van der Waals surface area contributed by atoms with Crippen molar-refractivity contribution in [2.24, 2.45) is 0 Å². The van der Waals surface area contributed by atoms with Gasteiger partial charge in [0.2, 0.25) is 11.8 Å². The van der Waals surface area contributed by atoms with Crippen LogP contribution in [0.25, 0.3) is 0 Å². The first-order valence-electron chi connectivity index (χ1n) is 13.8. The van der Waals surface area contributed by atoms with Crippen LogP contribution in [0.2, 0.25) is 0 Å². The number of hydrogen-bond donors (Lipinski definition) is 1. The minimum Gasteiger partial charge on any atom is -0.495 e. The average Bonchev–Trinajstić information content (AvgIpc) is 3.03. The molecule has 224 valence electrons. The van der Waals surface area contributed by atoms with E-state index in [-0.39, 0.29) is 29.5 Å². The number of halogens is 1. The van der Waals surface area contributed by atoms with Crippen LogP contribution in [0.1, 0.15) is 18.1 Å². The van der Waals surface area contributed by atoms with E-state index in [0.29, 0.717) is 12.3 Å². The van der Waals surface area contributed by atoms with E-state index in [1.165, 1.54) is 24.1 Å². The molecule has 0 radical (unpaired) electrons. The number of nitrogens with one attached hydrogen (secondary N) is 1. The van der Waals surface area contributed by atoms with Gasteiger partial charge in [0.05, 0.1) is 17.7 Å². The van der Waals surface area contributed by atoms with Crippen LogP contribution in [0.4, 0.5) is 5.69 Å². The predicted molar refractivity (Wildman–Crippen MR) is 171 cm³/mol. The highest BCUT2D eigenvalue weighted by Crippen LogP contribution is 2.32. The molecular weight excluding hydrogens is 630 g/mol. The SMILES string of the molecule is CCNC(=O)C(Cc1ccccc1)N(Cc1ccc(Br)cc1)C(=O)CN(c1ccccc1OC)S(=O)(=O)c1ccccc1. The van der Waals surface area contributed by atoms with Gasteiger partial charge in [0.15, 0.2) is 0 Å². The van der Waals surface area contributed by atoms with Crippen LogP contribution in [-0.2, 0) is 32.6 Å². The monoisotopic (exact) mass is 663 g/mol. The minimum absolute atomic E-state index is 0.0257. The van der Waals surface area contributed by atoms with Crippen LogP contribution in [0.3, 0.4) is 0 Å². The van der Waals surface area contributed by atoms with Crippen molar-refractivity contribution in [2.75, 3.05) is 24.5 Å². The Hall–Kier alpha value is -4.15. The van der Waals surface area contributed by atoms with Gasteiger partial charge in [0, 0.05) is 24.0 Å². The fourth-order valence-corrected chi connectivity index (χ4v) is 6.41. The van der Waals surface area contributed by atoms with Gasteiger partial charge in [-0.3, -0.25) is 13.9 Å². The fraction of sp³-hybridized carbons (Fsp3) is 0.212. The Kier molecular flexibility index (Phi) is 11.0. The molecule has 0 aliphatic heterocycles. The van der Waals surface area contributed by atoms with Crippen LogP contribution >= 0.6 is 15.9 Å². The highest BCUT2D eigenvalue weighted by molar-refractivity contribution is 9.10. The van der Waals surface area contributed by atoms with Gasteiger partial charge >= 0.3 is 0 Å². The zero-order valence-corrected chi connectivity index (χ0v) is 26.4. The third-order valence-corrected chi connectivity index (χ3v) is 9.15. The molecule has 0 spiro atoms. The van der Waals surface area contributed by atoms with Gasteiger partial charge in [-0.1, -0.05) is 88.7 Å². The molecule has 4 rings (SSSR count). The number of methoxy groups -OCH3 is 1. The zero-order chi connectivity index (χ0) is 30.8. The highest BCUT2D eigenvalue weighted by atomic mass is 79.9. The van der Waals surface area contributed by atoms with Crippen molar-refractivity contribution < 1.29 is 22.7 Å². The summed E-state index contributed by atoms with van der Waals surface area (Å²) in [6.45, 7) is 1.72. The molecule has 0 fully saturated rings. The molecule has 0 aliphatic rings. The van der Waals surface area contributed by atoms with Crippen molar-refractivity contribution in [2.45, 2.75) is 30.8 Å². The first kappa shape index (κ1) is 31.8. The summed E-state index contributed by atoms with van der Waals surface area (Å²) in [5, 5.41) is 2.86. The van der Waals surface area contributed by atoms with Gasteiger partial charge in [0.25, 0.3) is 10.0 Å². The molecule has 10 heteroatoms. The van der Waals surface area contributed by atoms with Crippen molar-refractivity contribution in [3.8, 4) is 5.75 Å². The van der Waals surface area contributed by atoms with E-state index in [0.717, 1.165) is 19.9 Å². The fourth-order valence-electron chi connectivity index (χ4n) is 4.70. The second kappa shape index (κ2) is 14.8. The summed E-state index contributed by atoms with van der Waals surface area (Å²) in [5.41, 5.74) is 1.86. The van der Waals surface area contributed by atoms with Crippen molar-refractivity contribution in [3.05, 3.63) is 125 Å². The standard InChI is InChI=1S/C33H34BrN3O5S/c1-3-35-33(39)30(22-25-12-6-4-7-13-25)36(23-26-18-20-27(34)21-19-26)32(38)24-37(29-16-10-11-17-31(29)42-2)43(40,41)28-14-8-5-9-15-28/h4-21,30H,3,22-24H2,1-2H3,(H,35,39). The second-order valence-electron chi connectivity index (χ2n) is 9.74. The van der Waals surface area contributed by atoms with Crippen molar-refractivity contribution in [1.29, 1.82) is 0 Å². The summed E-state index contributed by atoms with van der Waals surface area (Å²) >= 11 is 3.44. The lowest BCUT2D eigenvalue weighted by Crippen LogP contribution is -2.53. The molecular formula is C33H34BrN3O5S. The Morgan fingerprint density at radius 1 is 0.837 bits per heavy atom. The Labute approximate surface area is 261 Å². The third kappa shape index (κ3) is 8.03. The molecule has 1 N–H and O–H groups in total. The Bertz CT molecular complexity index is 1620. The minimum atomic E-state index is -4.21. The maximum Gasteiger partial charge on any atom is 0.264 e. The Morgan fingerprint density at radius 2 is 1.44 bits per heavy atom. The maximum absolute atomic E-state index is 14.4. The van der Waals surface area contributed by atoms with Gasteiger partial charge in [0.1, 0.15) is 18.3 Å². The topological polar surface area (TPSA) is 96.0 Å². The van der Waals surface area contributed by atoms with Crippen molar-refractivity contribution in [3.63, 3.8) is 0 Å². The molecule has 0 aromatic heterocycles. The molecule has 0 heterocycles. The third-order valence-electron chi connectivity index (χ3n) is 6.85. The van der Waals surface area contributed by atoms with E-state index in [1.54, 1.807) is 42.5 Å². The molecule has 0 bridgehead atoms. The smallest absolute Gasteiger partial charge is 0.264 e. The lowest BCUT2D eigenvalue weighted by molar-refractivity contribution is -0.140. The number of para-hydroxylation sites is 2. The molecule has 1 unspecified atom stereocenters. The predicted octanol–water partition coefficient (Wildman–Crippen LogP) is 5.43. The molecule has 0 saturated heterocycles. The summed E-state index contributed by atoms with van der Waals surface area (Å²) in [7, 11) is -2.77. The molecule has 4 aromatic carbocycles. The Morgan fingerprint density at radius 3 is 2.07 bits per heavy atom. The largest absolute Gasteiger partial charge is 0.495 e. The van der Waals surface area contributed by atoms with Crippen LogP contribution in [0.5, 0.6) is 5.75 Å². The van der Waals surface area contributed by atoms with Crippen LogP contribution < -0.4 is 14.4 Å². The molecule has 8 nitrogen and oxygen atoms in total. The number of anilines is 1. The summed E-state index contributed by atoms with van der Waals surface area (Å²) < 4.78 is 35.6. The van der Waals surface area contributed by atoms with Crippen LogP contribution in [-0.4, -0.2) is 51.4 Å². The number of amides is 2. The highest BCUT2D eigenvalue weighted by Gasteiger charge is 2.35. The van der Waals surface area contributed by atoms with Crippen molar-refractivity contribution >= 4 is 43.5 Å². The molecule has 0 aliphatic carbocycles. The van der Waals surface area contributed by atoms with E-state index in [9.17, 15) is 18.0 Å². The molecule has 0 saturated carbocycles. The first-order valence-corrected chi connectivity index (χ1v) is 16.0. The van der Waals surface area contributed by atoms with E-state index in [4.69, 9.17) is 4.74 Å². The number of carbonyl (C=O) groups excluding carboxylic acids is 2. The number of sulfonamides is 1. The quantitative estimate of drug-likeness (QED) is 0.206. The lowest BCUT2D eigenvalue weighted by Gasteiger charge is -2.34. The zero-order valence-electron chi connectivity index (χ0n) is 24.0. The van der Waals surface area contributed by atoms with E-state index >= 15 is 0 Å². The van der Waals surface area contributed by atoms with E-state index in [2.05, 4.69) is 21.2 Å². The summed E-state index contributed by atoms with van der Waals surface area (Å²) in [6.07, 6.45) is 0.245. The van der Waals surface area contributed by atoms with E-state index < -0.39 is 28.5 Å². The number of hydrogen-bond acceptors (Lipinski definition) is 5. The number of benzene rings is 4. The van der Waals surface area contributed by atoms with E-state index in [1.807, 2.05) is 61.5 Å². The van der Waals surface area contributed by atoms with Gasteiger partial charge < -0.3 is 15.0 Å². The first-order chi connectivity index (χ1) is 20.7. The number of carbonyl (C=O) groups is 2. The normalized spacial score (nSPS) is 11.8. The second-order valence-corrected chi connectivity index (χ2v) is 12.5. The molecule has 1 atom stereocenters. The van der Waals surface area contributed by atoms with Gasteiger partial charge in [-0.05, 0) is 54.4 Å². The summed E-state index contributed by atoms with van der Waals surface area (Å²) in [4.78, 5) is 29.4. The summed E-state index contributed by atoms with van der Waals surface area (Å²) in [6, 6.07) is 30.5. The van der Waals surface area contributed by atoms with Crippen LogP contribution in [0, 0.1) is 0 Å². The van der Waals surface area contributed by atoms with Crippen LogP contribution in [0.15, 0.2) is 119 Å². The molecule has 2 amide bonds. The number of rotatable bonds is 13. The van der Waals surface area contributed by atoms with Crippen molar-refractivity contribution in [1.82, 2.24) is 10.2 Å². The number of ether oxygens (including phenoxy) is 1. The number of nitrogens with zero attached hydrogens (tertiary/aromatic N) is 2. The molecule has 43 heavy (non-hydrogen) atoms. The molecule has 4 aromatic rings. The average molecular weight is 665 g/mol. The number of likely N-dealkylation sites (N-methyl/N-ethyl adjacent to an activating group) is 1. The summed E-state index contributed by atoms with van der Waals surface area (Å²) in [5.74, 6) is -0.578. The van der Waals surface area contributed by atoms with Gasteiger partial charge in [-0.25, -0.2) is 8.42 Å². The lowest BCUT2D eigenvalue weighted by atomic mass is 10.0. The maximum atomic E-state index is 14.4. The van der Waals surface area contributed by atoms with Gasteiger partial charge in [-0.15, -0.1) is 0 Å².